The van der Waals surface area contributed by atoms with Crippen LogP contribution in [0.1, 0.15) is 42.6 Å². The summed E-state index contributed by atoms with van der Waals surface area (Å²) in [4.78, 5) is 16.5. The van der Waals surface area contributed by atoms with Crippen molar-refractivity contribution in [3.05, 3.63) is 77.4 Å². The van der Waals surface area contributed by atoms with E-state index in [1.165, 1.54) is 0 Å². The number of carbonyl (C=O) groups is 1. The van der Waals surface area contributed by atoms with E-state index in [4.69, 9.17) is 9.26 Å². The highest BCUT2D eigenvalue weighted by atomic mass is 16.5. The van der Waals surface area contributed by atoms with Crippen molar-refractivity contribution in [3.8, 4) is 5.75 Å². The van der Waals surface area contributed by atoms with Gasteiger partial charge in [0.05, 0.1) is 0 Å². The lowest BCUT2D eigenvalue weighted by molar-refractivity contribution is -0.121. The zero-order valence-corrected chi connectivity index (χ0v) is 16.1. The quantitative estimate of drug-likeness (QED) is 0.579. The highest BCUT2D eigenvalue weighted by Gasteiger charge is 2.10. The van der Waals surface area contributed by atoms with Gasteiger partial charge in [0.25, 0.3) is 0 Å². The van der Waals surface area contributed by atoms with Gasteiger partial charge in [0, 0.05) is 31.4 Å². The molecule has 1 heterocycles. The van der Waals surface area contributed by atoms with Crippen molar-refractivity contribution in [2.75, 3.05) is 0 Å². The summed E-state index contributed by atoms with van der Waals surface area (Å²) in [6, 6.07) is 17.7. The summed E-state index contributed by atoms with van der Waals surface area (Å²) in [5, 5.41) is 6.83. The fourth-order valence-corrected chi connectivity index (χ4v) is 2.75. The Hall–Kier alpha value is -3.15. The fourth-order valence-electron chi connectivity index (χ4n) is 2.75. The van der Waals surface area contributed by atoms with Crippen LogP contribution in [-0.4, -0.2) is 16.0 Å². The zero-order valence-electron chi connectivity index (χ0n) is 16.1. The molecule has 2 aromatic carbocycles. The molecule has 0 fully saturated rings. The summed E-state index contributed by atoms with van der Waals surface area (Å²) in [5.41, 5.74) is 2.04. The van der Waals surface area contributed by atoms with Crippen LogP contribution in [0.3, 0.4) is 0 Å². The molecule has 146 valence electrons. The van der Waals surface area contributed by atoms with Crippen LogP contribution in [0.2, 0.25) is 0 Å². The van der Waals surface area contributed by atoms with Crippen LogP contribution in [0.5, 0.6) is 5.75 Å². The van der Waals surface area contributed by atoms with Crippen molar-refractivity contribution in [2.45, 2.75) is 45.8 Å². The number of aromatic nitrogens is 2. The number of nitrogens with one attached hydrogen (secondary N) is 1. The lowest BCUT2D eigenvalue weighted by atomic mass is 10.2. The molecular formula is C22H25N3O3. The normalized spacial score (nSPS) is 10.6. The number of nitrogens with zero attached hydrogens (tertiary/aromatic N) is 2. The zero-order chi connectivity index (χ0) is 19.6. The molecule has 3 aromatic rings. The van der Waals surface area contributed by atoms with Gasteiger partial charge in [-0.25, -0.2) is 0 Å². The number of ether oxygens (including phenoxy) is 1. The van der Waals surface area contributed by atoms with Crippen LogP contribution < -0.4 is 10.1 Å². The Morgan fingerprint density at radius 3 is 2.68 bits per heavy atom. The number of hydrogen-bond donors (Lipinski definition) is 1. The molecule has 1 amide bonds. The average molecular weight is 379 g/mol. The Morgan fingerprint density at radius 2 is 1.86 bits per heavy atom. The SMILES string of the molecule is CCCc1noc(CCC(=O)NCc2ccccc2OCc2ccccc2)n1. The third kappa shape index (κ3) is 5.94. The molecule has 0 spiro atoms. The molecule has 1 aromatic heterocycles. The minimum Gasteiger partial charge on any atom is -0.489 e. The predicted octanol–water partition coefficient (Wildman–Crippen LogP) is 3.85. The van der Waals surface area contributed by atoms with Gasteiger partial charge in [-0.05, 0) is 18.1 Å². The number of carbonyl (C=O) groups excluding carboxylic acids is 1. The second kappa shape index (κ2) is 10.3. The second-order valence-corrected chi connectivity index (χ2v) is 6.51. The molecule has 0 aliphatic rings. The van der Waals surface area contributed by atoms with Gasteiger partial charge in [-0.3, -0.25) is 4.79 Å². The Kier molecular flexibility index (Phi) is 7.18. The van der Waals surface area contributed by atoms with Crippen molar-refractivity contribution in [1.82, 2.24) is 15.5 Å². The Bertz CT molecular complexity index is 877. The van der Waals surface area contributed by atoms with E-state index in [0.29, 0.717) is 37.7 Å². The molecule has 3 rings (SSSR count). The van der Waals surface area contributed by atoms with Crippen molar-refractivity contribution in [2.24, 2.45) is 0 Å². The van der Waals surface area contributed by atoms with Gasteiger partial charge in [0.1, 0.15) is 12.4 Å². The molecule has 6 heteroatoms. The van der Waals surface area contributed by atoms with Gasteiger partial charge in [0.15, 0.2) is 5.82 Å². The Balaban J connectivity index is 1.47. The first-order valence-electron chi connectivity index (χ1n) is 9.57. The van der Waals surface area contributed by atoms with Crippen LogP contribution in [0, 0.1) is 0 Å². The topological polar surface area (TPSA) is 77.2 Å². The second-order valence-electron chi connectivity index (χ2n) is 6.51. The highest BCUT2D eigenvalue weighted by molar-refractivity contribution is 5.76. The smallest absolute Gasteiger partial charge is 0.227 e. The first kappa shape index (κ1) is 19.6. The van der Waals surface area contributed by atoms with Crippen molar-refractivity contribution in [3.63, 3.8) is 0 Å². The molecule has 0 bridgehead atoms. The average Bonchev–Trinajstić information content (AvgIpc) is 3.18. The number of amides is 1. The van der Waals surface area contributed by atoms with E-state index in [9.17, 15) is 4.79 Å². The first-order chi connectivity index (χ1) is 13.7. The van der Waals surface area contributed by atoms with Gasteiger partial charge in [-0.15, -0.1) is 0 Å². The number of aryl methyl sites for hydroxylation is 2. The number of para-hydroxylation sites is 1. The minimum atomic E-state index is -0.0619. The Morgan fingerprint density at radius 1 is 1.07 bits per heavy atom. The summed E-state index contributed by atoms with van der Waals surface area (Å²) >= 11 is 0. The highest BCUT2D eigenvalue weighted by Crippen LogP contribution is 2.19. The summed E-state index contributed by atoms with van der Waals surface area (Å²) in [7, 11) is 0. The van der Waals surface area contributed by atoms with Crippen LogP contribution in [-0.2, 0) is 30.8 Å². The third-order valence-corrected chi connectivity index (χ3v) is 4.24. The van der Waals surface area contributed by atoms with Crippen LogP contribution in [0.4, 0.5) is 0 Å². The van der Waals surface area contributed by atoms with Crippen LogP contribution in [0.15, 0.2) is 59.1 Å². The molecule has 0 aliphatic carbocycles. The molecule has 0 saturated heterocycles. The monoisotopic (exact) mass is 379 g/mol. The third-order valence-electron chi connectivity index (χ3n) is 4.24. The van der Waals surface area contributed by atoms with Crippen molar-refractivity contribution < 1.29 is 14.1 Å². The van der Waals surface area contributed by atoms with Crippen molar-refractivity contribution >= 4 is 5.91 Å². The predicted molar refractivity (Wildman–Crippen MR) is 106 cm³/mol. The van der Waals surface area contributed by atoms with Crippen LogP contribution in [0.25, 0.3) is 0 Å². The van der Waals surface area contributed by atoms with Gasteiger partial charge in [-0.1, -0.05) is 60.6 Å². The van der Waals surface area contributed by atoms with Gasteiger partial charge < -0.3 is 14.6 Å². The molecule has 0 atom stereocenters. The number of hydrogen-bond acceptors (Lipinski definition) is 5. The Labute approximate surface area is 164 Å². The number of benzene rings is 2. The molecule has 0 unspecified atom stereocenters. The maximum absolute atomic E-state index is 12.2. The van der Waals surface area contributed by atoms with E-state index >= 15 is 0 Å². The van der Waals surface area contributed by atoms with Gasteiger partial charge in [0.2, 0.25) is 11.8 Å². The minimum absolute atomic E-state index is 0.0619. The van der Waals surface area contributed by atoms with E-state index < -0.39 is 0 Å². The molecule has 0 radical (unpaired) electrons. The van der Waals surface area contributed by atoms with E-state index in [2.05, 4.69) is 22.4 Å². The van der Waals surface area contributed by atoms with Gasteiger partial charge in [-0.2, -0.15) is 4.98 Å². The van der Waals surface area contributed by atoms with Crippen LogP contribution >= 0.6 is 0 Å². The molecule has 0 saturated carbocycles. The van der Waals surface area contributed by atoms with Crippen molar-refractivity contribution in [1.29, 1.82) is 0 Å². The molecule has 1 N–H and O–H groups in total. The summed E-state index contributed by atoms with van der Waals surface area (Å²) < 4.78 is 11.1. The van der Waals surface area contributed by atoms with E-state index in [1.54, 1.807) is 0 Å². The molecular weight excluding hydrogens is 354 g/mol. The number of rotatable bonds is 10. The first-order valence-corrected chi connectivity index (χ1v) is 9.57. The summed E-state index contributed by atoms with van der Waals surface area (Å²) in [5.74, 6) is 1.91. The summed E-state index contributed by atoms with van der Waals surface area (Å²) in [6.45, 7) is 2.96. The maximum Gasteiger partial charge on any atom is 0.227 e. The maximum atomic E-state index is 12.2. The summed E-state index contributed by atoms with van der Waals surface area (Å²) in [6.07, 6.45) is 2.50. The molecule has 28 heavy (non-hydrogen) atoms. The standard InChI is InChI=1S/C22H25N3O3/c1-2-8-20-24-22(28-25-20)14-13-21(26)23-15-18-11-6-7-12-19(18)27-16-17-9-4-3-5-10-17/h3-7,9-12H,2,8,13-16H2,1H3,(H,23,26). The molecule has 6 nitrogen and oxygen atoms in total. The largest absolute Gasteiger partial charge is 0.489 e. The van der Waals surface area contributed by atoms with E-state index in [0.717, 1.165) is 29.7 Å². The van der Waals surface area contributed by atoms with E-state index in [-0.39, 0.29) is 5.91 Å². The molecule has 0 aliphatic heterocycles. The lowest BCUT2D eigenvalue weighted by Gasteiger charge is -2.12. The lowest BCUT2D eigenvalue weighted by Crippen LogP contribution is -2.23. The fraction of sp³-hybridized carbons (Fsp3) is 0.318. The van der Waals surface area contributed by atoms with Gasteiger partial charge >= 0.3 is 0 Å². The van der Waals surface area contributed by atoms with E-state index in [1.807, 2.05) is 54.6 Å².